The maximum Gasteiger partial charge on any atom is 0.256 e. The van der Waals surface area contributed by atoms with E-state index in [1.807, 2.05) is 47.0 Å². The molecule has 3 N–H and O–H groups in total. The highest BCUT2D eigenvalue weighted by molar-refractivity contribution is 6.07. The normalized spacial score (nSPS) is 16.0. The minimum atomic E-state index is -0.280. The van der Waals surface area contributed by atoms with Crippen LogP contribution in [0, 0.1) is 0 Å². The lowest BCUT2D eigenvalue weighted by molar-refractivity contribution is -0.127. The van der Waals surface area contributed by atoms with Crippen LogP contribution in [0.2, 0.25) is 0 Å². The highest BCUT2D eigenvalue weighted by Gasteiger charge is 2.33. The van der Waals surface area contributed by atoms with Crippen LogP contribution in [0.3, 0.4) is 0 Å². The topological polar surface area (TPSA) is 118 Å². The monoisotopic (exact) mass is 573 g/mol. The van der Waals surface area contributed by atoms with Crippen molar-refractivity contribution in [2.24, 2.45) is 4.99 Å². The van der Waals surface area contributed by atoms with E-state index in [0.29, 0.717) is 47.2 Å². The zero-order valence-electron chi connectivity index (χ0n) is 24.2. The Morgan fingerprint density at radius 2 is 1.93 bits per heavy atom. The molecule has 0 radical (unpaired) electrons. The van der Waals surface area contributed by atoms with Gasteiger partial charge in [0.2, 0.25) is 5.91 Å². The molecule has 2 atom stereocenters. The number of amidine groups is 1. The van der Waals surface area contributed by atoms with Gasteiger partial charge in [0.15, 0.2) is 0 Å². The molecule has 0 bridgehead atoms. The summed E-state index contributed by atoms with van der Waals surface area (Å²) in [6.45, 7) is 10.2. The molecule has 9 nitrogen and oxygen atoms in total. The molecule has 1 fully saturated rings. The van der Waals surface area contributed by atoms with Crippen LogP contribution in [-0.4, -0.2) is 43.5 Å². The Kier molecular flexibility index (Phi) is 8.90. The van der Waals surface area contributed by atoms with Crippen LogP contribution in [0.5, 0.6) is 0 Å². The number of fused-ring (bicyclic) bond motifs is 1. The van der Waals surface area contributed by atoms with Crippen molar-refractivity contribution < 1.29 is 9.59 Å². The predicted molar refractivity (Wildman–Crippen MR) is 170 cm³/mol. The van der Waals surface area contributed by atoms with Crippen LogP contribution in [0.1, 0.15) is 59.9 Å². The Balaban J connectivity index is 1.37. The van der Waals surface area contributed by atoms with Crippen molar-refractivity contribution in [2.45, 2.75) is 38.1 Å². The fourth-order valence-electron chi connectivity index (χ4n) is 5.32. The lowest BCUT2D eigenvalue weighted by Crippen LogP contribution is -2.30. The number of carbonyl (C=O) groups excluding carboxylic acids is 2. The Labute approximate surface area is 251 Å². The number of allylic oxidation sites excluding steroid dienone is 1. The minimum absolute atomic E-state index is 0.126. The molecular formula is C34H35N7O2. The Bertz CT molecular complexity index is 1700. The molecule has 2 unspecified atom stereocenters. The molecule has 218 valence electrons. The first-order chi connectivity index (χ1) is 20.9. The molecule has 4 aromatic rings. The smallest absolute Gasteiger partial charge is 0.256 e. The number of hydrogen-bond donors (Lipinski definition) is 2. The summed E-state index contributed by atoms with van der Waals surface area (Å²) in [5, 5.41) is 2.90. The summed E-state index contributed by atoms with van der Waals surface area (Å²) in [6.07, 6.45) is 12.2. The highest BCUT2D eigenvalue weighted by Crippen LogP contribution is 2.36. The molecule has 1 aliphatic heterocycles. The molecule has 0 spiro atoms. The summed E-state index contributed by atoms with van der Waals surface area (Å²) in [6, 6.07) is 17.1. The van der Waals surface area contributed by atoms with E-state index >= 15 is 0 Å². The zero-order chi connectivity index (χ0) is 30.3. The molecular weight excluding hydrogens is 538 g/mol. The minimum Gasteiger partial charge on any atom is -0.382 e. The van der Waals surface area contributed by atoms with Crippen molar-refractivity contribution in [3.8, 4) is 11.3 Å². The number of aromatic nitrogens is 3. The van der Waals surface area contributed by atoms with E-state index in [2.05, 4.69) is 47.5 Å². The maximum absolute atomic E-state index is 13.1. The number of nitrogens with two attached hydrogens (primary N) is 1. The van der Waals surface area contributed by atoms with Crippen LogP contribution < -0.4 is 11.1 Å². The first kappa shape index (κ1) is 29.2. The van der Waals surface area contributed by atoms with Crippen molar-refractivity contribution in [2.75, 3.05) is 12.3 Å². The van der Waals surface area contributed by atoms with Gasteiger partial charge >= 0.3 is 0 Å². The molecule has 2 aromatic carbocycles. The van der Waals surface area contributed by atoms with E-state index in [-0.39, 0.29) is 23.8 Å². The SMILES string of the molecule is C=CCC(=N/C=C\C(C)c1ccccc1)NC(=O)c1ccc(-c2nc(C3CCCN3C(=O)C=C)n3ccnc(N)c23)cc1. The van der Waals surface area contributed by atoms with Crippen molar-refractivity contribution in [3.63, 3.8) is 0 Å². The van der Waals surface area contributed by atoms with Gasteiger partial charge in [-0.15, -0.1) is 6.58 Å². The van der Waals surface area contributed by atoms with E-state index in [1.165, 1.54) is 11.6 Å². The summed E-state index contributed by atoms with van der Waals surface area (Å²) in [7, 11) is 0. The Morgan fingerprint density at radius 3 is 2.65 bits per heavy atom. The molecule has 0 aliphatic carbocycles. The van der Waals surface area contributed by atoms with Gasteiger partial charge in [0.25, 0.3) is 5.91 Å². The number of likely N-dealkylation sites (tertiary alicyclic amines) is 1. The lowest BCUT2D eigenvalue weighted by atomic mass is 10.0. The number of anilines is 1. The van der Waals surface area contributed by atoms with Gasteiger partial charge in [-0.2, -0.15) is 0 Å². The summed E-state index contributed by atoms with van der Waals surface area (Å²) in [5.74, 6) is 1.32. The van der Waals surface area contributed by atoms with E-state index in [9.17, 15) is 9.59 Å². The molecule has 2 aromatic heterocycles. The molecule has 43 heavy (non-hydrogen) atoms. The molecule has 3 heterocycles. The number of aliphatic imine (C=N–C) groups is 1. The van der Waals surface area contributed by atoms with Crippen molar-refractivity contribution in [3.05, 3.63) is 122 Å². The second-order valence-electron chi connectivity index (χ2n) is 10.4. The van der Waals surface area contributed by atoms with Crippen LogP contribution >= 0.6 is 0 Å². The van der Waals surface area contributed by atoms with E-state index in [1.54, 1.807) is 35.5 Å². The Morgan fingerprint density at radius 1 is 1.16 bits per heavy atom. The third-order valence-electron chi connectivity index (χ3n) is 7.57. The van der Waals surface area contributed by atoms with Gasteiger partial charge in [-0.25, -0.2) is 15.0 Å². The quantitative estimate of drug-likeness (QED) is 0.113. The number of amides is 2. The van der Waals surface area contributed by atoms with Crippen LogP contribution in [0.25, 0.3) is 16.8 Å². The number of carbonyl (C=O) groups is 2. The highest BCUT2D eigenvalue weighted by atomic mass is 16.2. The first-order valence-electron chi connectivity index (χ1n) is 14.3. The number of nitrogens with one attached hydrogen (secondary N) is 1. The van der Waals surface area contributed by atoms with Crippen LogP contribution in [0.15, 0.2) is 110 Å². The van der Waals surface area contributed by atoms with Gasteiger partial charge < -0.3 is 16.0 Å². The number of hydrogen-bond acceptors (Lipinski definition) is 6. The van der Waals surface area contributed by atoms with Crippen LogP contribution in [-0.2, 0) is 4.79 Å². The van der Waals surface area contributed by atoms with Gasteiger partial charge in [0, 0.05) is 48.6 Å². The zero-order valence-corrected chi connectivity index (χ0v) is 24.2. The average molecular weight is 574 g/mol. The fraction of sp³-hybridized carbons (Fsp3) is 0.206. The second-order valence-corrected chi connectivity index (χ2v) is 10.4. The molecule has 2 amide bonds. The predicted octanol–water partition coefficient (Wildman–Crippen LogP) is 5.85. The third kappa shape index (κ3) is 6.30. The molecule has 0 saturated carbocycles. The van der Waals surface area contributed by atoms with Gasteiger partial charge in [-0.05, 0) is 36.6 Å². The summed E-state index contributed by atoms with van der Waals surface area (Å²) < 4.78 is 1.90. The second kappa shape index (κ2) is 13.1. The average Bonchev–Trinajstić information content (AvgIpc) is 3.67. The standard InChI is InChI=1S/C34H35N7O2/c1-4-10-28(36-19-18-23(3)24-11-7-6-8-12-24)38-34(43)26-16-14-25(15-17-26)30-31-32(35)37-20-22-41(31)33(39-30)27-13-9-21-40(27)29(42)5-2/h4-8,11-12,14-20,22-23,27H,1-2,9-10,13,21H2,3H3,(H2,35,37)(H,36,38,43)/b19-18-. The molecule has 5 rings (SSSR count). The number of benzene rings is 2. The fourth-order valence-corrected chi connectivity index (χ4v) is 5.32. The van der Waals surface area contributed by atoms with Crippen molar-refractivity contribution in [1.29, 1.82) is 0 Å². The summed E-state index contributed by atoms with van der Waals surface area (Å²) in [5.41, 5.74) is 10.0. The van der Waals surface area contributed by atoms with Crippen LogP contribution in [0.4, 0.5) is 5.82 Å². The third-order valence-corrected chi connectivity index (χ3v) is 7.57. The number of rotatable bonds is 9. The number of imidazole rings is 1. The molecule has 9 heteroatoms. The Hall–Kier alpha value is -5.31. The van der Waals surface area contributed by atoms with E-state index in [4.69, 9.17) is 10.7 Å². The number of nitrogen functional groups attached to an aromatic ring is 1. The molecule has 1 saturated heterocycles. The van der Waals surface area contributed by atoms with E-state index < -0.39 is 0 Å². The van der Waals surface area contributed by atoms with Gasteiger partial charge in [-0.1, -0.05) is 68.1 Å². The van der Waals surface area contributed by atoms with Gasteiger partial charge in [0.1, 0.15) is 28.7 Å². The molecule has 1 aliphatic rings. The maximum atomic E-state index is 13.1. The number of nitrogens with zero attached hydrogens (tertiary/aromatic N) is 5. The van der Waals surface area contributed by atoms with Crippen molar-refractivity contribution in [1.82, 2.24) is 24.6 Å². The van der Waals surface area contributed by atoms with Gasteiger partial charge in [-0.3, -0.25) is 14.0 Å². The first-order valence-corrected chi connectivity index (χ1v) is 14.3. The summed E-state index contributed by atoms with van der Waals surface area (Å²) >= 11 is 0. The largest absolute Gasteiger partial charge is 0.382 e. The van der Waals surface area contributed by atoms with Gasteiger partial charge in [0.05, 0.1) is 6.04 Å². The summed E-state index contributed by atoms with van der Waals surface area (Å²) in [4.78, 5) is 41.2. The van der Waals surface area contributed by atoms with Crippen molar-refractivity contribution >= 4 is 29.0 Å². The lowest BCUT2D eigenvalue weighted by Gasteiger charge is -2.22. The van der Waals surface area contributed by atoms with E-state index in [0.717, 1.165) is 18.4 Å².